The second-order valence-corrected chi connectivity index (χ2v) is 12.8. The van der Waals surface area contributed by atoms with E-state index in [1.807, 2.05) is 18.5 Å². The van der Waals surface area contributed by atoms with Crippen LogP contribution in [-0.2, 0) is 22.4 Å². The highest BCUT2D eigenvalue weighted by atomic mass is 16.4. The van der Waals surface area contributed by atoms with Gasteiger partial charge in [0.15, 0.2) is 0 Å². The molecule has 0 bridgehead atoms. The molecule has 2 fully saturated rings. The molecule has 2 atom stereocenters. The van der Waals surface area contributed by atoms with Crippen LogP contribution < -0.4 is 10.2 Å². The second-order valence-electron chi connectivity index (χ2n) is 12.8. The SMILES string of the molecule is Cc1cc(C)n(-c2cc(C(CC(=O)O)CN3CCC(CCc4ccc5c(n4)NCCC5)C3)cc(N3CCN(C=O)CC3)c2)n1. The van der Waals surface area contributed by atoms with Crippen molar-refractivity contribution in [3.63, 3.8) is 0 Å². The summed E-state index contributed by atoms with van der Waals surface area (Å²) in [5, 5.41) is 18.2. The van der Waals surface area contributed by atoms with E-state index in [-0.39, 0.29) is 12.3 Å². The van der Waals surface area contributed by atoms with Crippen LogP contribution in [0.1, 0.15) is 59.8 Å². The standard InChI is InChI=1S/C34H45N7O3/c1-24-16-25(2)41(37-24)32-18-28(17-31(20-32)40-14-12-38(23-42)13-15-40)29(19-33(43)44)22-39-11-9-26(21-39)5-7-30-8-6-27-4-3-10-35-34(27)36-30/h6,8,16-18,20,23,26,29H,3-5,7,9-15,19,21-22H2,1-2H3,(H,35,36)(H,43,44). The van der Waals surface area contributed by atoms with E-state index in [2.05, 4.69) is 51.5 Å². The number of hydrogen-bond acceptors (Lipinski definition) is 7. The summed E-state index contributed by atoms with van der Waals surface area (Å²) < 4.78 is 1.96. The molecule has 0 saturated carbocycles. The van der Waals surface area contributed by atoms with Crippen molar-refractivity contribution >= 4 is 23.9 Å². The van der Waals surface area contributed by atoms with Crippen molar-refractivity contribution in [1.29, 1.82) is 0 Å². The first-order valence-electron chi connectivity index (χ1n) is 16.1. The van der Waals surface area contributed by atoms with E-state index in [0.29, 0.717) is 25.6 Å². The lowest BCUT2D eigenvalue weighted by molar-refractivity contribution is -0.137. The Morgan fingerprint density at radius 3 is 2.66 bits per heavy atom. The first-order chi connectivity index (χ1) is 21.3. The van der Waals surface area contributed by atoms with Crippen molar-refractivity contribution < 1.29 is 14.7 Å². The lowest BCUT2D eigenvalue weighted by atomic mass is 9.93. The summed E-state index contributed by atoms with van der Waals surface area (Å²) in [7, 11) is 0. The van der Waals surface area contributed by atoms with Crippen LogP contribution in [0.15, 0.2) is 36.4 Å². The number of likely N-dealkylation sites (tertiary alicyclic amines) is 1. The number of nitrogens with one attached hydrogen (secondary N) is 1. The molecule has 1 aromatic carbocycles. The van der Waals surface area contributed by atoms with Gasteiger partial charge in [-0.1, -0.05) is 6.07 Å². The minimum absolute atomic E-state index is 0.0755. The Bertz CT molecular complexity index is 1480. The molecule has 0 radical (unpaired) electrons. The highest BCUT2D eigenvalue weighted by molar-refractivity contribution is 5.69. The number of carbonyl (C=O) groups excluding carboxylic acids is 1. The van der Waals surface area contributed by atoms with Gasteiger partial charge in [0, 0.05) is 68.8 Å². The molecule has 44 heavy (non-hydrogen) atoms. The number of amides is 1. The summed E-state index contributed by atoms with van der Waals surface area (Å²) in [6, 6.07) is 12.9. The van der Waals surface area contributed by atoms with Gasteiger partial charge < -0.3 is 25.1 Å². The zero-order chi connectivity index (χ0) is 30.6. The number of rotatable bonds is 11. The molecule has 2 N–H and O–H groups in total. The average molecular weight is 600 g/mol. The molecule has 0 spiro atoms. The molecule has 0 aliphatic carbocycles. The molecular formula is C34H45N7O3. The fourth-order valence-electron chi connectivity index (χ4n) is 7.12. The maximum Gasteiger partial charge on any atom is 0.304 e. The number of pyridine rings is 1. The Morgan fingerprint density at radius 1 is 1.09 bits per heavy atom. The fraction of sp³-hybridized carbons (Fsp3) is 0.529. The second kappa shape index (κ2) is 13.4. The van der Waals surface area contributed by atoms with Gasteiger partial charge in [-0.25, -0.2) is 9.67 Å². The van der Waals surface area contributed by atoms with Crippen molar-refractivity contribution in [1.82, 2.24) is 24.6 Å². The number of aliphatic carboxylic acids is 1. The molecule has 10 heteroatoms. The Hall–Kier alpha value is -3.92. The number of nitrogens with zero attached hydrogens (tertiary/aromatic N) is 6. The summed E-state index contributed by atoms with van der Waals surface area (Å²) in [6.07, 6.45) is 6.46. The quantitative estimate of drug-likeness (QED) is 0.318. The van der Waals surface area contributed by atoms with Crippen molar-refractivity contribution in [2.75, 3.05) is 62.6 Å². The van der Waals surface area contributed by atoms with Crippen LogP contribution in [0, 0.1) is 19.8 Å². The van der Waals surface area contributed by atoms with Gasteiger partial charge in [0.2, 0.25) is 6.41 Å². The van der Waals surface area contributed by atoms with Gasteiger partial charge in [0.05, 0.1) is 17.8 Å². The van der Waals surface area contributed by atoms with Crippen LogP contribution in [0.3, 0.4) is 0 Å². The van der Waals surface area contributed by atoms with Gasteiger partial charge in [0.1, 0.15) is 5.82 Å². The van der Waals surface area contributed by atoms with Gasteiger partial charge in [-0.3, -0.25) is 9.59 Å². The van der Waals surface area contributed by atoms with Gasteiger partial charge in [-0.05, 0) is 99.9 Å². The van der Waals surface area contributed by atoms with Crippen LogP contribution in [0.5, 0.6) is 0 Å². The number of piperazine rings is 1. The monoisotopic (exact) mass is 599 g/mol. The molecule has 3 aliphatic rings. The number of aromatic nitrogens is 3. The zero-order valence-electron chi connectivity index (χ0n) is 26.0. The Balaban J connectivity index is 1.18. The molecule has 3 aliphatic heterocycles. The third-order valence-corrected chi connectivity index (χ3v) is 9.51. The summed E-state index contributed by atoms with van der Waals surface area (Å²) >= 11 is 0. The Morgan fingerprint density at radius 2 is 1.91 bits per heavy atom. The van der Waals surface area contributed by atoms with Gasteiger partial charge in [-0.15, -0.1) is 0 Å². The first-order valence-corrected chi connectivity index (χ1v) is 16.1. The number of anilines is 2. The number of carboxylic acids is 1. The van der Waals surface area contributed by atoms with Gasteiger partial charge >= 0.3 is 5.97 Å². The molecule has 3 aromatic rings. The smallest absolute Gasteiger partial charge is 0.304 e. The van der Waals surface area contributed by atoms with E-state index in [1.165, 1.54) is 12.0 Å². The number of carbonyl (C=O) groups is 2. The largest absolute Gasteiger partial charge is 0.481 e. The van der Waals surface area contributed by atoms with Crippen LogP contribution in [-0.4, -0.2) is 94.4 Å². The normalized spacial score (nSPS) is 19.5. The lowest BCUT2D eigenvalue weighted by Crippen LogP contribution is -2.45. The number of aryl methyl sites for hydroxylation is 4. The van der Waals surface area contributed by atoms with Crippen LogP contribution in [0.2, 0.25) is 0 Å². The van der Waals surface area contributed by atoms with Gasteiger partial charge in [-0.2, -0.15) is 5.10 Å². The number of fused-ring (bicyclic) bond motifs is 1. The number of carboxylic acid groups (broad SMARTS) is 1. The van der Waals surface area contributed by atoms with Crippen molar-refractivity contribution in [2.24, 2.45) is 5.92 Å². The molecule has 6 rings (SSSR count). The number of benzene rings is 1. The van der Waals surface area contributed by atoms with E-state index in [9.17, 15) is 14.7 Å². The maximum atomic E-state index is 12.2. The molecule has 5 heterocycles. The number of hydrogen-bond donors (Lipinski definition) is 2. The highest BCUT2D eigenvalue weighted by Crippen LogP contribution is 2.32. The molecule has 234 valence electrons. The predicted octanol–water partition coefficient (Wildman–Crippen LogP) is 4.03. The summed E-state index contributed by atoms with van der Waals surface area (Å²) in [4.78, 5) is 34.9. The minimum Gasteiger partial charge on any atom is -0.481 e. The van der Waals surface area contributed by atoms with E-state index < -0.39 is 5.97 Å². The van der Waals surface area contributed by atoms with E-state index >= 15 is 0 Å². The van der Waals surface area contributed by atoms with Crippen LogP contribution in [0.4, 0.5) is 11.5 Å². The topological polar surface area (TPSA) is 107 Å². The molecule has 2 aromatic heterocycles. The van der Waals surface area contributed by atoms with Crippen LogP contribution >= 0.6 is 0 Å². The molecule has 1 amide bonds. The molecular weight excluding hydrogens is 554 g/mol. The third-order valence-electron chi connectivity index (χ3n) is 9.51. The Kier molecular flexibility index (Phi) is 9.16. The summed E-state index contributed by atoms with van der Waals surface area (Å²) in [5.74, 6) is 0.713. The van der Waals surface area contributed by atoms with E-state index in [0.717, 1.165) is 105 Å². The molecule has 10 nitrogen and oxygen atoms in total. The predicted molar refractivity (Wildman–Crippen MR) is 172 cm³/mol. The average Bonchev–Trinajstić information content (AvgIpc) is 3.63. The molecule has 2 unspecified atom stereocenters. The maximum absolute atomic E-state index is 12.2. The van der Waals surface area contributed by atoms with E-state index in [4.69, 9.17) is 10.1 Å². The third kappa shape index (κ3) is 7.07. The zero-order valence-corrected chi connectivity index (χ0v) is 26.0. The first kappa shape index (κ1) is 30.1. The summed E-state index contributed by atoms with van der Waals surface area (Å²) in [5.41, 5.74) is 7.49. The fourth-order valence-corrected chi connectivity index (χ4v) is 7.12. The lowest BCUT2D eigenvalue weighted by Gasteiger charge is -2.35. The van der Waals surface area contributed by atoms with Gasteiger partial charge in [0.25, 0.3) is 0 Å². The van der Waals surface area contributed by atoms with Crippen molar-refractivity contribution in [3.8, 4) is 5.69 Å². The summed E-state index contributed by atoms with van der Waals surface area (Å²) in [6.45, 7) is 10.5. The van der Waals surface area contributed by atoms with Crippen LogP contribution in [0.25, 0.3) is 5.69 Å². The van der Waals surface area contributed by atoms with Crippen molar-refractivity contribution in [3.05, 3.63) is 64.6 Å². The Labute approximate surface area is 260 Å². The van der Waals surface area contributed by atoms with E-state index in [1.54, 1.807) is 4.90 Å². The highest BCUT2D eigenvalue weighted by Gasteiger charge is 2.28. The minimum atomic E-state index is -0.782. The van der Waals surface area contributed by atoms with Crippen molar-refractivity contribution in [2.45, 2.75) is 58.3 Å². The molecule has 2 saturated heterocycles.